The molecule has 0 bridgehead atoms. The van der Waals surface area contributed by atoms with Crippen LogP contribution in [0.1, 0.15) is 25.5 Å². The topological polar surface area (TPSA) is 17.8 Å². The Labute approximate surface area is 78.4 Å². The van der Waals surface area contributed by atoms with Gasteiger partial charge in [0.1, 0.15) is 0 Å². The molecule has 0 saturated carbocycles. The molecule has 0 spiro atoms. The summed E-state index contributed by atoms with van der Waals surface area (Å²) in [6.07, 6.45) is 6.63. The lowest BCUT2D eigenvalue weighted by Crippen LogP contribution is -1.98. The van der Waals surface area contributed by atoms with Gasteiger partial charge in [0.2, 0.25) is 0 Å². The predicted octanol–water partition coefficient (Wildman–Crippen LogP) is 2.55. The largest absolute Gasteiger partial charge is 0.272 e. The van der Waals surface area contributed by atoms with Crippen LogP contribution in [-0.2, 0) is 12.3 Å². The van der Waals surface area contributed by atoms with Gasteiger partial charge in [0, 0.05) is 18.5 Å². The Morgan fingerprint density at radius 2 is 2.42 bits per heavy atom. The van der Waals surface area contributed by atoms with Gasteiger partial charge in [0.15, 0.2) is 0 Å². The van der Waals surface area contributed by atoms with Crippen LogP contribution < -0.4 is 0 Å². The number of aromatic nitrogens is 2. The van der Waals surface area contributed by atoms with Gasteiger partial charge in [-0.3, -0.25) is 4.68 Å². The molecule has 2 nitrogen and oxygen atoms in total. The van der Waals surface area contributed by atoms with Crippen LogP contribution in [0.2, 0.25) is 0 Å². The van der Waals surface area contributed by atoms with E-state index in [1.54, 1.807) is 0 Å². The molecule has 0 fully saturated rings. The van der Waals surface area contributed by atoms with Gasteiger partial charge in [-0.2, -0.15) is 16.9 Å². The van der Waals surface area contributed by atoms with Crippen LogP contribution in [-0.4, -0.2) is 16.0 Å². The summed E-state index contributed by atoms with van der Waals surface area (Å²) in [5, 5.41) is 4.43. The highest BCUT2D eigenvalue weighted by Gasteiger charge is 1.96. The fourth-order valence-electron chi connectivity index (χ4n) is 1.07. The second-order valence-corrected chi connectivity index (χ2v) is 3.72. The smallest absolute Gasteiger partial charge is 0.0723 e. The van der Waals surface area contributed by atoms with Crippen molar-refractivity contribution < 1.29 is 0 Å². The van der Waals surface area contributed by atoms with E-state index in [1.165, 1.54) is 18.5 Å². The van der Waals surface area contributed by atoms with Crippen molar-refractivity contribution in [3.8, 4) is 0 Å². The Balaban J connectivity index is 2.41. The van der Waals surface area contributed by atoms with Crippen molar-refractivity contribution in [1.82, 2.24) is 9.78 Å². The zero-order chi connectivity index (χ0) is 8.81. The number of rotatable bonds is 5. The molecular weight excluding hydrogens is 168 g/mol. The average molecular weight is 184 g/mol. The van der Waals surface area contributed by atoms with E-state index in [9.17, 15) is 0 Å². The number of hydrogen-bond donors (Lipinski definition) is 0. The number of nitrogens with zero attached hydrogens (tertiary/aromatic N) is 2. The van der Waals surface area contributed by atoms with Crippen molar-refractivity contribution >= 4 is 11.8 Å². The Kier molecular flexibility index (Phi) is 4.22. The molecule has 1 heterocycles. The Morgan fingerprint density at radius 1 is 1.58 bits per heavy atom. The lowest BCUT2D eigenvalue weighted by molar-refractivity contribution is 0.568. The van der Waals surface area contributed by atoms with Crippen molar-refractivity contribution in [1.29, 1.82) is 0 Å². The SMILES string of the molecule is CCCCn1ccc(CSC)n1. The Hall–Kier alpha value is -0.440. The van der Waals surface area contributed by atoms with Crippen LogP contribution >= 0.6 is 11.8 Å². The number of thioether (sulfide) groups is 1. The maximum atomic E-state index is 4.43. The third-order valence-corrected chi connectivity index (χ3v) is 2.31. The minimum atomic E-state index is 1.03. The van der Waals surface area contributed by atoms with E-state index in [2.05, 4.69) is 30.5 Å². The molecule has 0 amide bonds. The summed E-state index contributed by atoms with van der Waals surface area (Å²) in [6, 6.07) is 2.10. The van der Waals surface area contributed by atoms with Crippen molar-refractivity contribution in [2.75, 3.05) is 6.26 Å². The molecule has 0 atom stereocenters. The second-order valence-electron chi connectivity index (χ2n) is 2.86. The third-order valence-electron chi connectivity index (χ3n) is 1.73. The molecule has 0 aliphatic heterocycles. The number of unbranched alkanes of at least 4 members (excludes halogenated alkanes) is 1. The summed E-state index contributed by atoms with van der Waals surface area (Å²) in [7, 11) is 0. The molecule has 0 N–H and O–H groups in total. The normalized spacial score (nSPS) is 10.5. The molecule has 1 aromatic rings. The lowest BCUT2D eigenvalue weighted by Gasteiger charge is -1.97. The molecule has 0 radical (unpaired) electrons. The quantitative estimate of drug-likeness (QED) is 0.700. The highest BCUT2D eigenvalue weighted by Crippen LogP contribution is 2.06. The van der Waals surface area contributed by atoms with Crippen LogP contribution in [0.3, 0.4) is 0 Å². The van der Waals surface area contributed by atoms with Gasteiger partial charge in [-0.05, 0) is 18.7 Å². The van der Waals surface area contributed by atoms with Gasteiger partial charge < -0.3 is 0 Å². The van der Waals surface area contributed by atoms with Gasteiger partial charge in [-0.15, -0.1) is 0 Å². The number of aryl methyl sites for hydroxylation is 1. The van der Waals surface area contributed by atoms with Crippen molar-refractivity contribution in [2.24, 2.45) is 0 Å². The van der Waals surface area contributed by atoms with Crippen LogP contribution in [0, 0.1) is 0 Å². The van der Waals surface area contributed by atoms with Gasteiger partial charge in [-0.1, -0.05) is 13.3 Å². The Morgan fingerprint density at radius 3 is 3.08 bits per heavy atom. The zero-order valence-electron chi connectivity index (χ0n) is 7.79. The van der Waals surface area contributed by atoms with Crippen LogP contribution in [0.15, 0.2) is 12.3 Å². The first-order valence-corrected chi connectivity index (χ1v) is 5.77. The second kappa shape index (κ2) is 5.25. The summed E-state index contributed by atoms with van der Waals surface area (Å²) in [4.78, 5) is 0. The standard InChI is InChI=1S/C9H16N2S/c1-3-4-6-11-7-5-9(10-11)8-12-2/h5,7H,3-4,6,8H2,1-2H3. The van der Waals surface area contributed by atoms with Crippen LogP contribution in [0.25, 0.3) is 0 Å². The fourth-order valence-corrected chi connectivity index (χ4v) is 1.52. The summed E-state index contributed by atoms with van der Waals surface area (Å²) in [5.74, 6) is 1.03. The summed E-state index contributed by atoms with van der Waals surface area (Å²) >= 11 is 1.82. The molecule has 1 rings (SSSR count). The zero-order valence-corrected chi connectivity index (χ0v) is 8.60. The first-order valence-electron chi connectivity index (χ1n) is 4.38. The lowest BCUT2D eigenvalue weighted by atomic mass is 10.3. The minimum Gasteiger partial charge on any atom is -0.272 e. The average Bonchev–Trinajstić information content (AvgIpc) is 2.50. The van der Waals surface area contributed by atoms with Crippen LogP contribution in [0.5, 0.6) is 0 Å². The third kappa shape index (κ3) is 2.89. The van der Waals surface area contributed by atoms with Gasteiger partial charge >= 0.3 is 0 Å². The van der Waals surface area contributed by atoms with Crippen molar-refractivity contribution in [3.05, 3.63) is 18.0 Å². The maximum absolute atomic E-state index is 4.43. The molecule has 12 heavy (non-hydrogen) atoms. The molecule has 0 aliphatic carbocycles. The molecule has 3 heteroatoms. The predicted molar refractivity (Wildman–Crippen MR) is 54.4 cm³/mol. The molecule has 0 unspecified atom stereocenters. The highest BCUT2D eigenvalue weighted by atomic mass is 32.2. The first kappa shape index (κ1) is 9.65. The molecule has 1 aromatic heterocycles. The molecule has 0 saturated heterocycles. The first-order chi connectivity index (χ1) is 5.86. The van der Waals surface area contributed by atoms with E-state index in [-0.39, 0.29) is 0 Å². The van der Waals surface area contributed by atoms with Gasteiger partial charge in [-0.25, -0.2) is 0 Å². The monoisotopic (exact) mass is 184 g/mol. The number of hydrogen-bond acceptors (Lipinski definition) is 2. The van der Waals surface area contributed by atoms with Crippen molar-refractivity contribution in [2.45, 2.75) is 32.1 Å². The van der Waals surface area contributed by atoms with E-state index < -0.39 is 0 Å². The summed E-state index contributed by atoms with van der Waals surface area (Å²) < 4.78 is 2.04. The van der Waals surface area contributed by atoms with E-state index in [0.29, 0.717) is 0 Å². The van der Waals surface area contributed by atoms with E-state index in [4.69, 9.17) is 0 Å². The Bertz CT molecular complexity index is 220. The maximum Gasteiger partial charge on any atom is 0.0723 e. The summed E-state index contributed by atoms with van der Waals surface area (Å²) in [5.41, 5.74) is 1.19. The summed E-state index contributed by atoms with van der Waals surface area (Å²) in [6.45, 7) is 3.26. The van der Waals surface area contributed by atoms with E-state index in [1.807, 2.05) is 16.4 Å². The fraction of sp³-hybridized carbons (Fsp3) is 0.667. The highest BCUT2D eigenvalue weighted by molar-refractivity contribution is 7.97. The molecule has 68 valence electrons. The van der Waals surface area contributed by atoms with Crippen molar-refractivity contribution in [3.63, 3.8) is 0 Å². The molecule has 0 aliphatic rings. The van der Waals surface area contributed by atoms with E-state index >= 15 is 0 Å². The van der Waals surface area contributed by atoms with Crippen LogP contribution in [0.4, 0.5) is 0 Å². The van der Waals surface area contributed by atoms with Gasteiger partial charge in [0.05, 0.1) is 5.69 Å². The molecular formula is C9H16N2S. The van der Waals surface area contributed by atoms with E-state index in [0.717, 1.165) is 12.3 Å². The van der Waals surface area contributed by atoms with Gasteiger partial charge in [0.25, 0.3) is 0 Å². The molecule has 0 aromatic carbocycles. The minimum absolute atomic E-state index is 1.03.